The number of nitrogens with zero attached hydrogens (tertiary/aromatic N) is 2. The van der Waals surface area contributed by atoms with Crippen LogP contribution in [-0.4, -0.2) is 18.0 Å². The Hall–Kier alpha value is -3.02. The fourth-order valence-electron chi connectivity index (χ4n) is 4.74. The second kappa shape index (κ2) is 12.9. The number of benzene rings is 3. The number of aromatic nitrogens is 2. The van der Waals surface area contributed by atoms with Crippen molar-refractivity contribution >= 4 is 44.8 Å². The van der Waals surface area contributed by atoms with Crippen molar-refractivity contribution < 1.29 is 32.7 Å². The largest absolute Gasteiger partial charge is 0.305 e. The van der Waals surface area contributed by atoms with Crippen LogP contribution in [0, 0.1) is 31.7 Å². The van der Waals surface area contributed by atoms with Crippen molar-refractivity contribution in [2.75, 3.05) is 0 Å². The third kappa shape index (κ3) is 7.21. The van der Waals surface area contributed by atoms with E-state index < -0.39 is 21.8 Å². The number of fused-ring (bicyclic) bond motifs is 3. The molecule has 43 heavy (non-hydrogen) atoms. The normalized spacial score (nSPS) is 14.3. The van der Waals surface area contributed by atoms with Gasteiger partial charge in [-0.3, -0.25) is 4.39 Å². The molecular weight excluding hydrogens is 744 g/mol. The Morgan fingerprint density at radius 1 is 0.907 bits per heavy atom. The van der Waals surface area contributed by atoms with E-state index in [0.29, 0.717) is 22.2 Å². The maximum Gasteiger partial charge on any atom is 0.0798 e. The molecule has 0 fully saturated rings. The summed E-state index contributed by atoms with van der Waals surface area (Å²) in [6.45, 7) is 8.36. The second-order valence-corrected chi connectivity index (χ2v) is 18.4. The molecule has 2 nitrogen and oxygen atoms in total. The molecule has 0 amide bonds. The van der Waals surface area contributed by atoms with Crippen LogP contribution in [0.25, 0.3) is 42.7 Å². The molecule has 3 aromatic heterocycles. The molecule has 0 aliphatic carbocycles. The number of hydrogen-bond acceptors (Lipinski definition) is 3. The Morgan fingerprint density at radius 2 is 1.70 bits per heavy atom. The topological polar surface area (TPSA) is 25.8 Å². The molecule has 0 spiro atoms. The number of hydrogen-bond donors (Lipinski definition) is 0. The molecule has 0 aliphatic heterocycles. The van der Waals surface area contributed by atoms with Crippen molar-refractivity contribution in [3.8, 4) is 22.5 Å². The maximum atomic E-state index is 14.5. The van der Waals surface area contributed by atoms with Crippen LogP contribution in [0.3, 0.4) is 0 Å². The van der Waals surface area contributed by atoms with Crippen LogP contribution >= 0.6 is 11.3 Å². The van der Waals surface area contributed by atoms with Gasteiger partial charge in [-0.25, -0.2) is 0 Å². The van der Waals surface area contributed by atoms with Crippen molar-refractivity contribution in [3.63, 3.8) is 0 Å². The molecular formula is C37H37FIrN2SSi-2. The van der Waals surface area contributed by atoms with E-state index >= 15 is 0 Å². The molecule has 0 aliphatic rings. The van der Waals surface area contributed by atoms with Crippen LogP contribution in [0.1, 0.15) is 45.7 Å². The van der Waals surface area contributed by atoms with E-state index in [1.165, 1.54) is 23.8 Å². The molecule has 0 N–H and O–H groups in total. The summed E-state index contributed by atoms with van der Waals surface area (Å²) in [6.07, 6.45) is 3.47. The van der Waals surface area contributed by atoms with Gasteiger partial charge in [0.05, 0.1) is 8.07 Å². The fourth-order valence-corrected chi connectivity index (χ4v) is 7.29. The van der Waals surface area contributed by atoms with E-state index in [1.807, 2.05) is 36.5 Å². The summed E-state index contributed by atoms with van der Waals surface area (Å²) in [5.74, 6) is -0.224. The van der Waals surface area contributed by atoms with E-state index in [-0.39, 0.29) is 36.9 Å². The summed E-state index contributed by atoms with van der Waals surface area (Å²) in [4.78, 5) is 8.92. The average molecular weight is 787 g/mol. The van der Waals surface area contributed by atoms with Gasteiger partial charge < -0.3 is 9.97 Å². The number of pyridine rings is 2. The summed E-state index contributed by atoms with van der Waals surface area (Å²) in [6, 6.07) is 25.6. The molecule has 3 aromatic carbocycles. The summed E-state index contributed by atoms with van der Waals surface area (Å²) < 4.78 is 62.1. The molecule has 0 atom stereocenters. The molecule has 223 valence electrons. The summed E-state index contributed by atoms with van der Waals surface area (Å²) in [5.41, 5.74) is 4.55. The van der Waals surface area contributed by atoms with Crippen molar-refractivity contribution in [1.82, 2.24) is 9.97 Å². The van der Waals surface area contributed by atoms with Crippen LogP contribution in [0.5, 0.6) is 0 Å². The summed E-state index contributed by atoms with van der Waals surface area (Å²) >= 11 is 1.60. The Kier molecular flexibility index (Phi) is 7.60. The predicted molar refractivity (Wildman–Crippen MR) is 181 cm³/mol. The van der Waals surface area contributed by atoms with Crippen molar-refractivity contribution in [1.29, 1.82) is 0 Å². The fraction of sp³-hybridized carbons (Fsp3) is 0.243. The van der Waals surface area contributed by atoms with Crippen LogP contribution in [0.15, 0.2) is 79.1 Å². The molecule has 0 saturated heterocycles. The van der Waals surface area contributed by atoms with E-state index in [4.69, 9.17) is 8.22 Å². The number of thiophene rings is 1. The van der Waals surface area contributed by atoms with Crippen LogP contribution in [-0.2, 0) is 25.5 Å². The SMILES string of the molecule is CC(C)(C)c1ccnc(-c2[c-]cc(F)c3c2sc2ccccc23)c1.[2H]C([2H])([2H])c1c[c-]c(-c2cc(C([2H])([2H])[2H])c([Si](C)(C)C)cn2)cc1.[Ir]. The van der Waals surface area contributed by atoms with E-state index in [9.17, 15) is 4.39 Å². The van der Waals surface area contributed by atoms with Gasteiger partial charge in [-0.15, -0.1) is 53.1 Å². The first-order valence-corrected chi connectivity index (χ1v) is 18.1. The Morgan fingerprint density at radius 3 is 2.37 bits per heavy atom. The number of halogens is 1. The van der Waals surface area contributed by atoms with Crippen molar-refractivity contribution in [2.24, 2.45) is 0 Å². The average Bonchev–Trinajstić information content (AvgIpc) is 3.40. The monoisotopic (exact) mass is 787 g/mol. The van der Waals surface area contributed by atoms with Gasteiger partial charge in [0.1, 0.15) is 0 Å². The predicted octanol–water partition coefficient (Wildman–Crippen LogP) is 10.1. The van der Waals surface area contributed by atoms with Gasteiger partial charge in [0.25, 0.3) is 0 Å². The zero-order chi connectivity index (χ0) is 35.2. The number of rotatable bonds is 3. The van der Waals surface area contributed by atoms with E-state index in [1.54, 1.807) is 29.7 Å². The van der Waals surface area contributed by atoms with Gasteiger partial charge in [0.2, 0.25) is 0 Å². The van der Waals surface area contributed by atoms with Gasteiger partial charge in [-0.2, -0.15) is 11.3 Å². The molecule has 6 aromatic rings. The second-order valence-electron chi connectivity index (χ2n) is 12.3. The molecule has 1 radical (unpaired) electrons. The van der Waals surface area contributed by atoms with Crippen LogP contribution in [0.2, 0.25) is 19.6 Å². The first-order chi connectivity index (χ1) is 22.2. The van der Waals surface area contributed by atoms with E-state index in [0.717, 1.165) is 31.2 Å². The third-order valence-electron chi connectivity index (χ3n) is 7.09. The van der Waals surface area contributed by atoms with Crippen LogP contribution in [0.4, 0.5) is 4.39 Å². The van der Waals surface area contributed by atoms with Crippen LogP contribution < -0.4 is 5.19 Å². The molecule has 0 unspecified atom stereocenters. The van der Waals surface area contributed by atoms with Crippen molar-refractivity contribution in [2.45, 2.75) is 59.5 Å². The molecule has 3 heterocycles. The smallest absolute Gasteiger partial charge is 0.0798 e. The molecule has 6 heteroatoms. The van der Waals surface area contributed by atoms with Gasteiger partial charge in [-0.05, 0) is 62.0 Å². The van der Waals surface area contributed by atoms with Gasteiger partial charge in [0, 0.05) is 51.2 Å². The standard InChI is InChI=1S/C21H17FNS.C16H20NSi.Ir/c1-21(2,3)13-10-11-23-17(12-13)14-8-9-16(22)19-15-6-4-5-7-18(15)24-20(14)19;1-12-6-8-14(9-7-12)15-10-13(2)16(11-17-15)18(3,4)5;/h4-7,9-12H,1-3H3;6-8,10-11H,1-5H3;/q2*-1;/i;1D3,2D3;. The summed E-state index contributed by atoms with van der Waals surface area (Å²) in [7, 11) is -1.85. The molecule has 6 rings (SSSR count). The van der Waals surface area contributed by atoms with Gasteiger partial charge in [0.15, 0.2) is 0 Å². The molecule has 0 bridgehead atoms. The minimum Gasteiger partial charge on any atom is -0.305 e. The maximum absolute atomic E-state index is 14.5. The third-order valence-corrected chi connectivity index (χ3v) is 10.3. The Labute approximate surface area is 282 Å². The Balaban J connectivity index is 0.000000216. The zero-order valence-electron chi connectivity index (χ0n) is 31.0. The van der Waals surface area contributed by atoms with Crippen molar-refractivity contribution in [3.05, 3.63) is 114 Å². The minimum absolute atomic E-state index is 0. The first-order valence-electron chi connectivity index (χ1n) is 16.8. The number of aryl methyl sites for hydroxylation is 2. The van der Waals surface area contributed by atoms with Gasteiger partial charge >= 0.3 is 0 Å². The summed E-state index contributed by atoms with van der Waals surface area (Å²) in [5, 5.41) is 2.44. The molecule has 0 saturated carbocycles. The van der Waals surface area contributed by atoms with Gasteiger partial charge in [-0.1, -0.05) is 83.2 Å². The first kappa shape index (κ1) is 25.3. The zero-order valence-corrected chi connectivity index (χ0v) is 29.2. The van der Waals surface area contributed by atoms with E-state index in [2.05, 4.69) is 68.6 Å². The minimum atomic E-state index is -2.22. The Bertz CT molecular complexity index is 2100. The quantitative estimate of drug-likeness (QED) is 0.132.